The molecule has 0 bridgehead atoms. The predicted octanol–water partition coefficient (Wildman–Crippen LogP) is 2.79. The third-order valence-corrected chi connectivity index (χ3v) is 6.63. The first-order valence-corrected chi connectivity index (χ1v) is 12.6. The Hall–Kier alpha value is -2.71. The number of benzene rings is 1. The van der Waals surface area contributed by atoms with E-state index in [1.807, 2.05) is 42.5 Å². The molecule has 1 saturated carbocycles. The van der Waals surface area contributed by atoms with E-state index in [4.69, 9.17) is 9.47 Å². The maximum absolute atomic E-state index is 13.2. The zero-order valence-corrected chi connectivity index (χ0v) is 20.4. The topological polar surface area (TPSA) is 114 Å². The highest BCUT2D eigenvalue weighted by Gasteiger charge is 2.35. The minimum absolute atomic E-state index is 0.0132. The summed E-state index contributed by atoms with van der Waals surface area (Å²) in [6.07, 6.45) is 9.39. The number of carbonyl (C=O) groups excluding carboxylic acids is 3. The minimum Gasteiger partial charge on any atom is -0.463 e. The van der Waals surface area contributed by atoms with Gasteiger partial charge in [-0.3, -0.25) is 14.4 Å². The van der Waals surface area contributed by atoms with E-state index < -0.39 is 17.5 Å². The number of nitrogens with one attached hydrogen (secondary N) is 2. The van der Waals surface area contributed by atoms with E-state index in [0.717, 1.165) is 31.2 Å². The lowest BCUT2D eigenvalue weighted by Crippen LogP contribution is -2.50. The third-order valence-electron chi connectivity index (χ3n) is 6.63. The number of carbonyl (C=O) groups is 3. The molecule has 2 atom stereocenters. The molecule has 2 aliphatic rings. The molecule has 1 aliphatic heterocycles. The number of esters is 1. The molecule has 0 aromatic heterocycles. The van der Waals surface area contributed by atoms with Gasteiger partial charge in [0.2, 0.25) is 11.8 Å². The van der Waals surface area contributed by atoms with Gasteiger partial charge in [0.15, 0.2) is 0 Å². The number of cyclic esters (lactones) is 1. The minimum atomic E-state index is -0.575. The van der Waals surface area contributed by atoms with Crippen LogP contribution in [0, 0.1) is 5.92 Å². The highest BCUT2D eigenvalue weighted by molar-refractivity contribution is 5.86. The van der Waals surface area contributed by atoms with E-state index in [-0.39, 0.29) is 44.0 Å². The molecular weight excluding hydrogens is 448 g/mol. The summed E-state index contributed by atoms with van der Waals surface area (Å²) in [5.74, 6) is -1.39. The molecular formula is C27H38N2O6. The van der Waals surface area contributed by atoms with Crippen molar-refractivity contribution >= 4 is 17.8 Å². The Morgan fingerprint density at radius 2 is 1.91 bits per heavy atom. The second kappa shape index (κ2) is 14.0. The Morgan fingerprint density at radius 1 is 1.14 bits per heavy atom. The van der Waals surface area contributed by atoms with Crippen LogP contribution in [0.1, 0.15) is 63.4 Å². The number of aliphatic hydroxyl groups is 1. The van der Waals surface area contributed by atoms with Crippen LogP contribution in [-0.4, -0.2) is 54.3 Å². The molecule has 0 spiro atoms. The molecule has 2 amide bonds. The van der Waals surface area contributed by atoms with E-state index in [2.05, 4.69) is 10.6 Å². The molecule has 1 aromatic carbocycles. The lowest BCUT2D eigenvalue weighted by atomic mass is 9.95. The van der Waals surface area contributed by atoms with Crippen LogP contribution in [0.3, 0.4) is 0 Å². The lowest BCUT2D eigenvalue weighted by molar-refractivity contribution is -0.146. The largest absolute Gasteiger partial charge is 0.463 e. The van der Waals surface area contributed by atoms with E-state index in [9.17, 15) is 19.5 Å². The average molecular weight is 487 g/mol. The van der Waals surface area contributed by atoms with Crippen LogP contribution >= 0.6 is 0 Å². The third kappa shape index (κ3) is 9.11. The van der Waals surface area contributed by atoms with Crippen molar-refractivity contribution in [2.75, 3.05) is 19.8 Å². The summed E-state index contributed by atoms with van der Waals surface area (Å²) in [5, 5.41) is 15.7. The molecule has 3 N–H and O–H groups in total. The van der Waals surface area contributed by atoms with Crippen molar-refractivity contribution in [1.82, 2.24) is 10.6 Å². The van der Waals surface area contributed by atoms with Crippen LogP contribution in [0.4, 0.5) is 0 Å². The Kier molecular flexibility index (Phi) is 10.8. The highest BCUT2D eigenvalue weighted by Crippen LogP contribution is 2.29. The van der Waals surface area contributed by atoms with Crippen molar-refractivity contribution in [2.24, 2.45) is 5.92 Å². The molecule has 8 nitrogen and oxygen atoms in total. The molecule has 3 rings (SSSR count). The van der Waals surface area contributed by atoms with Gasteiger partial charge in [-0.05, 0) is 37.7 Å². The molecule has 1 fully saturated rings. The summed E-state index contributed by atoms with van der Waals surface area (Å²) in [7, 11) is 0. The molecule has 0 saturated heterocycles. The van der Waals surface area contributed by atoms with Crippen LogP contribution < -0.4 is 10.6 Å². The van der Waals surface area contributed by atoms with Gasteiger partial charge in [-0.1, -0.05) is 55.3 Å². The van der Waals surface area contributed by atoms with Crippen molar-refractivity contribution in [3.05, 3.63) is 48.0 Å². The summed E-state index contributed by atoms with van der Waals surface area (Å²) >= 11 is 0. The number of aliphatic hydroxyl groups excluding tert-OH is 1. The van der Waals surface area contributed by atoms with E-state index >= 15 is 0 Å². The zero-order valence-electron chi connectivity index (χ0n) is 20.4. The lowest BCUT2D eigenvalue weighted by Gasteiger charge is -2.29. The van der Waals surface area contributed by atoms with Gasteiger partial charge in [0, 0.05) is 12.8 Å². The average Bonchev–Trinajstić information content (AvgIpc) is 3.32. The quantitative estimate of drug-likeness (QED) is 0.385. The smallest absolute Gasteiger partial charge is 0.305 e. The van der Waals surface area contributed by atoms with Gasteiger partial charge in [0.1, 0.15) is 6.61 Å². The predicted molar refractivity (Wildman–Crippen MR) is 131 cm³/mol. The van der Waals surface area contributed by atoms with Crippen molar-refractivity contribution in [1.29, 1.82) is 0 Å². The number of amides is 2. The maximum Gasteiger partial charge on any atom is 0.305 e. The summed E-state index contributed by atoms with van der Waals surface area (Å²) in [5.41, 5.74) is 0.430. The number of ether oxygens (including phenoxy) is 2. The number of hydrogen-bond acceptors (Lipinski definition) is 6. The monoisotopic (exact) mass is 486 g/mol. The maximum atomic E-state index is 13.2. The van der Waals surface area contributed by atoms with Crippen LogP contribution in [0.5, 0.6) is 0 Å². The summed E-state index contributed by atoms with van der Waals surface area (Å²) in [6, 6.07) is 9.16. The van der Waals surface area contributed by atoms with Crippen molar-refractivity contribution in [2.45, 2.75) is 76.0 Å². The van der Waals surface area contributed by atoms with Gasteiger partial charge >= 0.3 is 5.97 Å². The van der Waals surface area contributed by atoms with Gasteiger partial charge in [0.05, 0.1) is 37.3 Å². The van der Waals surface area contributed by atoms with Crippen molar-refractivity contribution < 1.29 is 29.0 Å². The van der Waals surface area contributed by atoms with Gasteiger partial charge < -0.3 is 25.2 Å². The standard InChI is InChI=1S/C27H38N2O6/c30-20-27(14-8-9-15-27)29-24(31)16-22-12-6-1-2-7-13-25(32)35-19-23(28-26(22)33)18-34-17-21-10-4-3-5-11-21/h1,3-6,10-11,22-23,30H,2,7-9,12-20H2,(H,28,33)(H,29,31). The van der Waals surface area contributed by atoms with Gasteiger partial charge in [-0.15, -0.1) is 0 Å². The summed E-state index contributed by atoms with van der Waals surface area (Å²) < 4.78 is 11.2. The fraction of sp³-hybridized carbons (Fsp3) is 0.593. The van der Waals surface area contributed by atoms with Gasteiger partial charge in [-0.25, -0.2) is 0 Å². The first-order chi connectivity index (χ1) is 17.0. The first kappa shape index (κ1) is 26.9. The second-order valence-electron chi connectivity index (χ2n) is 9.58. The normalized spacial score (nSPS) is 23.3. The van der Waals surface area contributed by atoms with Gasteiger partial charge in [0.25, 0.3) is 0 Å². The molecule has 2 unspecified atom stereocenters. The fourth-order valence-corrected chi connectivity index (χ4v) is 4.58. The fourth-order valence-electron chi connectivity index (χ4n) is 4.58. The van der Waals surface area contributed by atoms with Gasteiger partial charge in [-0.2, -0.15) is 0 Å². The molecule has 35 heavy (non-hydrogen) atoms. The highest BCUT2D eigenvalue weighted by atomic mass is 16.5. The van der Waals surface area contributed by atoms with Crippen LogP contribution in [0.15, 0.2) is 42.5 Å². The number of allylic oxidation sites excluding steroid dienone is 2. The van der Waals surface area contributed by atoms with Crippen LogP contribution in [-0.2, 0) is 30.5 Å². The SMILES string of the molecule is O=C(CC1CC=CCCCC(=O)OCC(COCc2ccccc2)NC1=O)NC1(CO)CCCC1. The molecule has 1 aromatic rings. The number of hydrogen-bond donors (Lipinski definition) is 3. The summed E-state index contributed by atoms with van der Waals surface area (Å²) in [6.45, 7) is 0.469. The Morgan fingerprint density at radius 3 is 2.66 bits per heavy atom. The van der Waals surface area contributed by atoms with Crippen LogP contribution in [0.25, 0.3) is 0 Å². The Bertz CT molecular complexity index is 850. The van der Waals surface area contributed by atoms with Crippen molar-refractivity contribution in [3.8, 4) is 0 Å². The molecule has 1 heterocycles. The van der Waals surface area contributed by atoms with E-state index in [1.165, 1.54) is 0 Å². The van der Waals surface area contributed by atoms with Crippen molar-refractivity contribution in [3.63, 3.8) is 0 Å². The zero-order chi connectivity index (χ0) is 24.9. The molecule has 8 heteroatoms. The second-order valence-corrected chi connectivity index (χ2v) is 9.58. The Labute approximate surface area is 207 Å². The van der Waals surface area contributed by atoms with Crippen LogP contribution in [0.2, 0.25) is 0 Å². The first-order valence-electron chi connectivity index (χ1n) is 12.6. The molecule has 192 valence electrons. The Balaban J connectivity index is 1.63. The number of rotatable bonds is 8. The molecule has 1 aliphatic carbocycles. The summed E-state index contributed by atoms with van der Waals surface area (Å²) in [4.78, 5) is 38.1. The van der Waals surface area contributed by atoms with E-state index in [1.54, 1.807) is 0 Å². The van der Waals surface area contributed by atoms with E-state index in [0.29, 0.717) is 32.3 Å². The molecule has 0 radical (unpaired) electrons.